The van der Waals surface area contributed by atoms with Gasteiger partial charge in [-0.25, -0.2) is 4.99 Å². The van der Waals surface area contributed by atoms with Gasteiger partial charge in [0, 0.05) is 6.42 Å². The van der Waals surface area contributed by atoms with Crippen LogP contribution in [0.25, 0.3) is 0 Å². The molecule has 3 nitrogen and oxygen atoms in total. The second-order valence-electron chi connectivity index (χ2n) is 4.80. The number of benzene rings is 1. The fourth-order valence-corrected chi connectivity index (χ4v) is 1.27. The molecule has 0 spiro atoms. The first kappa shape index (κ1) is 12.6. The Bertz CT molecular complexity index is 357. The van der Waals surface area contributed by atoms with Gasteiger partial charge in [0.05, 0.1) is 45.9 Å². The molecule has 0 radical (unpaired) electrons. The van der Waals surface area contributed by atoms with E-state index in [0.29, 0.717) is 0 Å². The van der Waals surface area contributed by atoms with Crippen LogP contribution in [0.2, 0.25) is 0 Å². The Hall–Kier alpha value is -1.44. The zero-order valence-corrected chi connectivity index (χ0v) is 10.3. The second-order valence-corrected chi connectivity index (χ2v) is 4.80. The van der Waals surface area contributed by atoms with E-state index in [9.17, 15) is 0 Å². The molecule has 1 aromatic rings. The lowest BCUT2D eigenvalue weighted by molar-refractivity contribution is -0.870. The van der Waals surface area contributed by atoms with E-state index in [1.807, 2.05) is 30.3 Å². The van der Waals surface area contributed by atoms with E-state index in [2.05, 4.69) is 37.1 Å². The van der Waals surface area contributed by atoms with Gasteiger partial charge in [-0.15, -0.1) is 0 Å². The maximum Gasteiger partial charge on any atom is 0.0948 e. The van der Waals surface area contributed by atoms with Gasteiger partial charge in [-0.05, 0) is 12.1 Å². The van der Waals surface area contributed by atoms with Crippen LogP contribution < -0.4 is 0 Å². The van der Waals surface area contributed by atoms with Crippen molar-refractivity contribution < 1.29 is 4.48 Å². The van der Waals surface area contributed by atoms with Crippen molar-refractivity contribution in [3.8, 4) is 0 Å². The van der Waals surface area contributed by atoms with Crippen molar-refractivity contribution in [3.05, 3.63) is 30.3 Å². The molecule has 0 aliphatic heterocycles. The van der Waals surface area contributed by atoms with Crippen LogP contribution in [0.3, 0.4) is 0 Å². The second kappa shape index (κ2) is 6.21. The summed E-state index contributed by atoms with van der Waals surface area (Å²) >= 11 is 0. The highest BCUT2D eigenvalue weighted by Gasteiger charge is 2.04. The number of rotatable bonds is 5. The number of nitrogens with zero attached hydrogens (tertiary/aromatic N) is 3. The van der Waals surface area contributed by atoms with Crippen molar-refractivity contribution in [1.82, 2.24) is 0 Å². The third kappa shape index (κ3) is 6.12. The molecule has 0 amide bonds. The first-order valence-electron chi connectivity index (χ1n) is 5.56. The van der Waals surface area contributed by atoms with Crippen molar-refractivity contribution in [3.63, 3.8) is 0 Å². The van der Waals surface area contributed by atoms with Crippen LogP contribution in [0.1, 0.15) is 6.42 Å². The van der Waals surface area contributed by atoms with E-state index in [1.54, 1.807) is 0 Å². The molecule has 0 aromatic heterocycles. The van der Waals surface area contributed by atoms with Crippen LogP contribution in [-0.4, -0.2) is 44.7 Å². The SMILES string of the molecule is C[N+](C)(C)CCCN=C=Nc1ccccc1. The normalized spacial score (nSPS) is 10.7. The number of hydrogen-bond acceptors (Lipinski definition) is 2. The Morgan fingerprint density at radius 2 is 1.81 bits per heavy atom. The molecular formula is C13H20N3+. The number of hydrogen-bond donors (Lipinski definition) is 0. The lowest BCUT2D eigenvalue weighted by Crippen LogP contribution is -2.35. The molecular weight excluding hydrogens is 198 g/mol. The van der Waals surface area contributed by atoms with E-state index in [-0.39, 0.29) is 0 Å². The molecule has 0 unspecified atom stereocenters. The average Bonchev–Trinajstić information content (AvgIpc) is 2.23. The zero-order chi connectivity index (χ0) is 11.9. The van der Waals surface area contributed by atoms with Crippen molar-refractivity contribution in [2.24, 2.45) is 9.98 Å². The zero-order valence-electron chi connectivity index (χ0n) is 10.3. The quantitative estimate of drug-likeness (QED) is 0.412. The van der Waals surface area contributed by atoms with Gasteiger partial charge < -0.3 is 4.48 Å². The van der Waals surface area contributed by atoms with Gasteiger partial charge in [-0.3, -0.25) is 0 Å². The van der Waals surface area contributed by atoms with Gasteiger partial charge in [0.2, 0.25) is 0 Å². The maximum absolute atomic E-state index is 4.14. The highest BCUT2D eigenvalue weighted by atomic mass is 15.3. The molecule has 0 N–H and O–H groups in total. The summed E-state index contributed by atoms with van der Waals surface area (Å²) in [5.41, 5.74) is 0.901. The number of para-hydroxylation sites is 1. The van der Waals surface area contributed by atoms with E-state index < -0.39 is 0 Å². The first-order chi connectivity index (χ1) is 7.58. The van der Waals surface area contributed by atoms with Crippen molar-refractivity contribution in [1.29, 1.82) is 0 Å². The average molecular weight is 218 g/mol. The lowest BCUT2D eigenvalue weighted by atomic mass is 10.3. The minimum Gasteiger partial charge on any atom is -0.331 e. The fraction of sp³-hybridized carbons (Fsp3) is 0.462. The van der Waals surface area contributed by atoms with Crippen molar-refractivity contribution in [2.75, 3.05) is 34.2 Å². The van der Waals surface area contributed by atoms with Crippen LogP contribution in [0.5, 0.6) is 0 Å². The van der Waals surface area contributed by atoms with Crippen LogP contribution in [-0.2, 0) is 0 Å². The molecule has 0 aliphatic rings. The van der Waals surface area contributed by atoms with Crippen LogP contribution in [0, 0.1) is 0 Å². The molecule has 86 valence electrons. The maximum atomic E-state index is 4.14. The summed E-state index contributed by atoms with van der Waals surface area (Å²) in [7, 11) is 6.55. The Balaban J connectivity index is 2.30. The minimum absolute atomic E-state index is 0.797. The minimum atomic E-state index is 0.797. The Morgan fingerprint density at radius 1 is 1.12 bits per heavy atom. The van der Waals surface area contributed by atoms with Crippen LogP contribution in [0.15, 0.2) is 40.3 Å². The summed E-state index contributed by atoms with van der Waals surface area (Å²) in [6.07, 6.45) is 1.07. The molecule has 1 rings (SSSR count). The molecule has 0 saturated carbocycles. The topological polar surface area (TPSA) is 24.7 Å². The summed E-state index contributed by atoms with van der Waals surface area (Å²) in [5, 5.41) is 0. The van der Waals surface area contributed by atoms with Gasteiger partial charge in [0.1, 0.15) is 0 Å². The third-order valence-electron chi connectivity index (χ3n) is 2.10. The van der Waals surface area contributed by atoms with Crippen LogP contribution in [0.4, 0.5) is 5.69 Å². The molecule has 0 aliphatic carbocycles. The van der Waals surface area contributed by atoms with Gasteiger partial charge in [-0.1, -0.05) is 18.2 Å². The molecule has 16 heavy (non-hydrogen) atoms. The van der Waals surface area contributed by atoms with E-state index in [0.717, 1.165) is 29.7 Å². The van der Waals surface area contributed by atoms with E-state index in [1.165, 1.54) is 0 Å². The summed E-state index contributed by atoms with van der Waals surface area (Å²) < 4.78 is 0.978. The highest BCUT2D eigenvalue weighted by Crippen LogP contribution is 2.07. The molecule has 1 aromatic carbocycles. The smallest absolute Gasteiger partial charge is 0.0948 e. The molecule has 0 heterocycles. The Kier molecular flexibility index (Phi) is 4.90. The standard InChI is InChI=1S/C13H20N3/c1-16(2,3)11-7-10-14-12-15-13-8-5-4-6-9-13/h4-6,8-9H,7,10-11H2,1-3H3/q+1. The highest BCUT2D eigenvalue weighted by molar-refractivity contribution is 5.51. The van der Waals surface area contributed by atoms with E-state index in [4.69, 9.17) is 0 Å². The molecule has 0 atom stereocenters. The summed E-state index contributed by atoms with van der Waals surface area (Å²) in [4.78, 5) is 8.26. The monoisotopic (exact) mass is 218 g/mol. The molecule has 0 bridgehead atoms. The molecule has 0 saturated heterocycles. The summed E-state index contributed by atoms with van der Waals surface area (Å²) in [6.45, 7) is 1.92. The lowest BCUT2D eigenvalue weighted by Gasteiger charge is -2.22. The van der Waals surface area contributed by atoms with Crippen molar-refractivity contribution >= 4 is 11.7 Å². The van der Waals surface area contributed by atoms with Gasteiger partial charge in [0.25, 0.3) is 0 Å². The summed E-state index contributed by atoms with van der Waals surface area (Å²) in [5.74, 6) is 0. The predicted molar refractivity (Wildman–Crippen MR) is 68.3 cm³/mol. The summed E-state index contributed by atoms with van der Waals surface area (Å²) in [6, 6.07) is 12.5. The Morgan fingerprint density at radius 3 is 2.44 bits per heavy atom. The largest absolute Gasteiger partial charge is 0.331 e. The number of quaternary nitrogens is 1. The van der Waals surface area contributed by atoms with Gasteiger partial charge in [-0.2, -0.15) is 4.99 Å². The molecule has 0 fully saturated rings. The van der Waals surface area contributed by atoms with Gasteiger partial charge in [0.15, 0.2) is 0 Å². The first-order valence-corrected chi connectivity index (χ1v) is 5.56. The predicted octanol–water partition coefficient (Wildman–Crippen LogP) is 2.59. The third-order valence-corrected chi connectivity index (χ3v) is 2.10. The van der Waals surface area contributed by atoms with Gasteiger partial charge >= 0.3 is 0 Å². The van der Waals surface area contributed by atoms with Crippen LogP contribution >= 0.6 is 0 Å². The number of aliphatic imine (C=N–C) groups is 2. The Labute approximate surface area is 97.7 Å². The van der Waals surface area contributed by atoms with Crippen molar-refractivity contribution in [2.45, 2.75) is 6.42 Å². The van der Waals surface area contributed by atoms with E-state index >= 15 is 0 Å². The fourth-order valence-electron chi connectivity index (χ4n) is 1.27. The molecule has 3 heteroatoms.